The standard InChI is InChI=1S/C21H13F3N2O2/c22-21(23,24)15-9-10-17-18(12-15)26(16-8-4-7-14(11-16)20(27)28)19(25-17)13-5-2-1-3-6-13/h1-12H,(H,27,28). The molecule has 28 heavy (non-hydrogen) atoms. The fraction of sp³-hybridized carbons (Fsp3) is 0.0476. The topological polar surface area (TPSA) is 55.1 Å². The Bertz CT molecular complexity index is 1180. The second-order valence-electron chi connectivity index (χ2n) is 6.19. The quantitative estimate of drug-likeness (QED) is 0.515. The van der Waals surface area contributed by atoms with Crippen molar-refractivity contribution in [3.05, 3.63) is 83.9 Å². The number of imidazole rings is 1. The Morgan fingerprint density at radius 2 is 1.68 bits per heavy atom. The summed E-state index contributed by atoms with van der Waals surface area (Å²) >= 11 is 0. The molecule has 1 N–H and O–H groups in total. The molecule has 0 atom stereocenters. The molecule has 0 aliphatic rings. The van der Waals surface area contributed by atoms with E-state index in [9.17, 15) is 23.1 Å². The Morgan fingerprint density at radius 1 is 0.929 bits per heavy atom. The summed E-state index contributed by atoms with van der Waals surface area (Å²) in [5.41, 5.74) is 0.984. The lowest BCUT2D eigenvalue weighted by Gasteiger charge is -2.12. The smallest absolute Gasteiger partial charge is 0.416 e. The zero-order valence-corrected chi connectivity index (χ0v) is 14.3. The number of carboxylic acid groups (broad SMARTS) is 1. The zero-order valence-electron chi connectivity index (χ0n) is 14.3. The van der Waals surface area contributed by atoms with Crippen molar-refractivity contribution in [1.82, 2.24) is 9.55 Å². The fourth-order valence-electron chi connectivity index (χ4n) is 3.07. The number of halogens is 3. The van der Waals surface area contributed by atoms with Crippen molar-refractivity contribution in [3.8, 4) is 17.1 Å². The molecule has 4 rings (SSSR count). The molecule has 7 heteroatoms. The van der Waals surface area contributed by atoms with Gasteiger partial charge in [0.2, 0.25) is 0 Å². The lowest BCUT2D eigenvalue weighted by atomic mass is 10.1. The summed E-state index contributed by atoms with van der Waals surface area (Å²) in [5.74, 6) is -0.694. The van der Waals surface area contributed by atoms with Gasteiger partial charge >= 0.3 is 12.1 Å². The van der Waals surface area contributed by atoms with E-state index in [0.717, 1.165) is 12.1 Å². The van der Waals surface area contributed by atoms with E-state index in [2.05, 4.69) is 4.98 Å². The lowest BCUT2D eigenvalue weighted by Crippen LogP contribution is -2.05. The number of nitrogens with zero attached hydrogens (tertiary/aromatic N) is 2. The third-order valence-corrected chi connectivity index (χ3v) is 4.37. The Kier molecular flexibility index (Phi) is 4.15. The van der Waals surface area contributed by atoms with E-state index < -0.39 is 17.7 Å². The van der Waals surface area contributed by atoms with Crippen LogP contribution in [0.3, 0.4) is 0 Å². The first kappa shape index (κ1) is 17.8. The minimum atomic E-state index is -4.50. The Balaban J connectivity index is 2.05. The summed E-state index contributed by atoms with van der Waals surface area (Å²) in [6.45, 7) is 0. The maximum Gasteiger partial charge on any atom is 0.416 e. The highest BCUT2D eigenvalue weighted by atomic mass is 19.4. The van der Waals surface area contributed by atoms with Gasteiger partial charge in [0.25, 0.3) is 0 Å². The van der Waals surface area contributed by atoms with Gasteiger partial charge in [0.05, 0.1) is 22.2 Å². The Labute approximate surface area is 157 Å². The third kappa shape index (κ3) is 3.11. The summed E-state index contributed by atoms with van der Waals surface area (Å²) in [7, 11) is 0. The van der Waals surface area contributed by atoms with Crippen LogP contribution in [0.15, 0.2) is 72.8 Å². The maximum atomic E-state index is 13.2. The van der Waals surface area contributed by atoms with Gasteiger partial charge in [-0.15, -0.1) is 0 Å². The van der Waals surface area contributed by atoms with Crippen molar-refractivity contribution in [2.24, 2.45) is 0 Å². The number of hydrogen-bond acceptors (Lipinski definition) is 2. The molecule has 0 saturated heterocycles. The highest BCUT2D eigenvalue weighted by Crippen LogP contribution is 2.34. The molecule has 1 heterocycles. The lowest BCUT2D eigenvalue weighted by molar-refractivity contribution is -0.137. The minimum Gasteiger partial charge on any atom is -0.478 e. The van der Waals surface area contributed by atoms with Crippen molar-refractivity contribution in [3.63, 3.8) is 0 Å². The molecule has 3 aromatic carbocycles. The van der Waals surface area contributed by atoms with E-state index in [1.807, 2.05) is 6.07 Å². The van der Waals surface area contributed by atoms with Gasteiger partial charge in [-0.05, 0) is 36.4 Å². The highest BCUT2D eigenvalue weighted by molar-refractivity contribution is 5.89. The summed E-state index contributed by atoms with van der Waals surface area (Å²) < 4.78 is 41.3. The van der Waals surface area contributed by atoms with Gasteiger partial charge < -0.3 is 5.11 Å². The van der Waals surface area contributed by atoms with Crippen molar-refractivity contribution in [1.29, 1.82) is 0 Å². The average molecular weight is 382 g/mol. The van der Waals surface area contributed by atoms with Gasteiger partial charge in [-0.25, -0.2) is 9.78 Å². The van der Waals surface area contributed by atoms with Crippen LogP contribution in [0.5, 0.6) is 0 Å². The van der Waals surface area contributed by atoms with E-state index in [0.29, 0.717) is 22.6 Å². The van der Waals surface area contributed by atoms with Crippen LogP contribution in [-0.2, 0) is 6.18 Å². The molecule has 1 aromatic heterocycles. The molecular weight excluding hydrogens is 369 g/mol. The molecular formula is C21H13F3N2O2. The summed E-state index contributed by atoms with van der Waals surface area (Å²) in [6.07, 6.45) is -4.50. The highest BCUT2D eigenvalue weighted by Gasteiger charge is 2.31. The molecule has 4 nitrogen and oxygen atoms in total. The molecule has 0 radical (unpaired) electrons. The monoisotopic (exact) mass is 382 g/mol. The molecule has 0 unspecified atom stereocenters. The Morgan fingerprint density at radius 3 is 2.36 bits per heavy atom. The number of carbonyl (C=O) groups is 1. The van der Waals surface area contributed by atoms with Crippen molar-refractivity contribution < 1.29 is 23.1 Å². The summed E-state index contributed by atoms with van der Waals surface area (Å²) in [4.78, 5) is 15.9. The van der Waals surface area contributed by atoms with Crippen molar-refractivity contribution in [2.45, 2.75) is 6.18 Å². The van der Waals surface area contributed by atoms with Crippen molar-refractivity contribution >= 4 is 17.0 Å². The molecule has 0 amide bonds. The number of hydrogen-bond donors (Lipinski definition) is 1. The second-order valence-corrected chi connectivity index (χ2v) is 6.19. The van der Waals surface area contributed by atoms with Gasteiger partial charge in [0, 0.05) is 11.3 Å². The number of alkyl halides is 3. The number of aromatic nitrogens is 2. The maximum absolute atomic E-state index is 13.2. The molecule has 0 aliphatic heterocycles. The van der Waals surface area contributed by atoms with Crippen LogP contribution in [0.25, 0.3) is 28.1 Å². The van der Waals surface area contributed by atoms with Crippen LogP contribution in [0.2, 0.25) is 0 Å². The van der Waals surface area contributed by atoms with E-state index in [1.54, 1.807) is 41.0 Å². The molecule has 140 valence electrons. The van der Waals surface area contributed by atoms with E-state index in [-0.39, 0.29) is 11.1 Å². The van der Waals surface area contributed by atoms with Gasteiger partial charge in [-0.1, -0.05) is 36.4 Å². The Hall–Kier alpha value is -3.61. The van der Waals surface area contributed by atoms with Gasteiger partial charge in [-0.2, -0.15) is 13.2 Å². The minimum absolute atomic E-state index is 0.0327. The van der Waals surface area contributed by atoms with Crippen LogP contribution in [-0.4, -0.2) is 20.6 Å². The third-order valence-electron chi connectivity index (χ3n) is 4.37. The molecule has 0 spiro atoms. The number of aromatic carboxylic acids is 1. The van der Waals surface area contributed by atoms with E-state index in [4.69, 9.17) is 0 Å². The van der Waals surface area contributed by atoms with Crippen molar-refractivity contribution in [2.75, 3.05) is 0 Å². The molecule has 0 bridgehead atoms. The predicted molar refractivity (Wildman–Crippen MR) is 98.5 cm³/mol. The first-order valence-electron chi connectivity index (χ1n) is 8.33. The molecule has 0 aliphatic carbocycles. The molecule has 0 fully saturated rings. The first-order chi connectivity index (χ1) is 13.3. The SMILES string of the molecule is O=C(O)c1cccc(-n2c(-c3ccccc3)nc3ccc(C(F)(F)F)cc32)c1. The van der Waals surface area contributed by atoms with Crippen LogP contribution in [0.1, 0.15) is 15.9 Å². The zero-order chi connectivity index (χ0) is 19.9. The van der Waals surface area contributed by atoms with E-state index in [1.165, 1.54) is 18.2 Å². The van der Waals surface area contributed by atoms with E-state index >= 15 is 0 Å². The van der Waals surface area contributed by atoms with Gasteiger partial charge in [0.1, 0.15) is 5.82 Å². The predicted octanol–water partition coefficient (Wildman–Crippen LogP) is 5.41. The fourth-order valence-corrected chi connectivity index (χ4v) is 3.07. The number of rotatable bonds is 3. The molecule has 4 aromatic rings. The first-order valence-corrected chi connectivity index (χ1v) is 8.33. The number of benzene rings is 3. The second kappa shape index (κ2) is 6.53. The van der Waals surface area contributed by atoms with Crippen LogP contribution >= 0.6 is 0 Å². The summed E-state index contributed by atoms with van der Waals surface area (Å²) in [6, 6.07) is 18.4. The number of fused-ring (bicyclic) bond motifs is 1. The molecule has 0 saturated carbocycles. The number of carboxylic acids is 1. The van der Waals surface area contributed by atoms with Gasteiger partial charge in [0.15, 0.2) is 0 Å². The normalized spacial score (nSPS) is 11.7. The average Bonchev–Trinajstić information content (AvgIpc) is 3.07. The summed E-state index contributed by atoms with van der Waals surface area (Å²) in [5, 5.41) is 9.28. The van der Waals surface area contributed by atoms with Crippen LogP contribution < -0.4 is 0 Å². The van der Waals surface area contributed by atoms with Gasteiger partial charge in [-0.3, -0.25) is 4.57 Å². The van der Waals surface area contributed by atoms with Crippen LogP contribution in [0, 0.1) is 0 Å². The van der Waals surface area contributed by atoms with Crippen LogP contribution in [0.4, 0.5) is 13.2 Å². The largest absolute Gasteiger partial charge is 0.478 e.